The largest absolute Gasteiger partial charge is 0.418 e. The van der Waals surface area contributed by atoms with Crippen LogP contribution in [0.15, 0.2) is 50.7 Å². The number of aromatic nitrogens is 2. The molecule has 1 N–H and O–H groups in total. The van der Waals surface area contributed by atoms with Gasteiger partial charge in [0.2, 0.25) is 5.89 Å². The van der Waals surface area contributed by atoms with Crippen LogP contribution in [0.1, 0.15) is 43.8 Å². The topological polar surface area (TPSA) is 51.0 Å². The lowest BCUT2D eigenvalue weighted by Gasteiger charge is -2.20. The molecule has 2 heterocycles. The average molecular weight is 392 g/mol. The summed E-state index contributed by atoms with van der Waals surface area (Å²) in [6.45, 7) is 4.21. The molecule has 0 fully saturated rings. The second-order valence-electron chi connectivity index (χ2n) is 5.32. The molecule has 0 aliphatic rings. The Kier molecular flexibility index (Phi) is 5.25. The van der Waals surface area contributed by atoms with Crippen LogP contribution in [0.5, 0.6) is 0 Å². The van der Waals surface area contributed by atoms with Crippen molar-refractivity contribution >= 4 is 27.3 Å². The van der Waals surface area contributed by atoms with Crippen molar-refractivity contribution in [3.63, 3.8) is 0 Å². The first-order valence-electron chi connectivity index (χ1n) is 7.56. The summed E-state index contributed by atoms with van der Waals surface area (Å²) in [5.41, 5.74) is 1.25. The Morgan fingerprint density at radius 1 is 1.22 bits per heavy atom. The number of halogens is 1. The number of hydrogen-bond donors (Lipinski definition) is 1. The first kappa shape index (κ1) is 16.4. The molecule has 0 unspecified atom stereocenters. The van der Waals surface area contributed by atoms with Crippen LogP contribution in [0.2, 0.25) is 0 Å². The van der Waals surface area contributed by atoms with Crippen LogP contribution in [0.3, 0.4) is 0 Å². The Hall–Kier alpha value is -1.50. The van der Waals surface area contributed by atoms with Gasteiger partial charge in [-0.05, 0) is 42.5 Å². The van der Waals surface area contributed by atoms with Gasteiger partial charge < -0.3 is 4.42 Å². The molecule has 120 valence electrons. The predicted octanol–water partition coefficient (Wildman–Crippen LogP) is 5.36. The lowest BCUT2D eigenvalue weighted by Crippen LogP contribution is -2.24. The van der Waals surface area contributed by atoms with Gasteiger partial charge in [-0.25, -0.2) is 0 Å². The van der Waals surface area contributed by atoms with Crippen molar-refractivity contribution in [1.82, 2.24) is 15.5 Å². The summed E-state index contributed by atoms with van der Waals surface area (Å²) in [6.07, 6.45) is 0.984. The summed E-state index contributed by atoms with van der Waals surface area (Å²) in [4.78, 5) is 0.996. The zero-order chi connectivity index (χ0) is 16.2. The van der Waals surface area contributed by atoms with Crippen molar-refractivity contribution in [1.29, 1.82) is 0 Å². The van der Waals surface area contributed by atoms with Gasteiger partial charge in [-0.3, -0.25) is 5.32 Å². The number of hydrogen-bond acceptors (Lipinski definition) is 5. The second-order valence-corrected chi connectivity index (χ2v) is 7.19. The molecule has 3 aromatic rings. The molecule has 3 rings (SSSR count). The van der Waals surface area contributed by atoms with E-state index >= 15 is 0 Å². The Morgan fingerprint density at radius 2 is 2.00 bits per heavy atom. The highest BCUT2D eigenvalue weighted by Gasteiger charge is 2.19. The fraction of sp³-hybridized carbons (Fsp3) is 0.294. The summed E-state index contributed by atoms with van der Waals surface area (Å²) in [6, 6.07) is 12.6. The molecule has 0 saturated heterocycles. The van der Waals surface area contributed by atoms with E-state index in [9.17, 15) is 0 Å². The molecule has 0 saturated carbocycles. The maximum Gasteiger partial charge on any atom is 0.257 e. The Balaban J connectivity index is 1.72. The average Bonchev–Trinajstić information content (AvgIpc) is 3.24. The van der Waals surface area contributed by atoms with Gasteiger partial charge >= 0.3 is 0 Å². The van der Waals surface area contributed by atoms with Crippen molar-refractivity contribution in [2.45, 2.75) is 32.4 Å². The van der Waals surface area contributed by atoms with E-state index in [1.807, 2.05) is 24.4 Å². The minimum atomic E-state index is -0.00944. The lowest BCUT2D eigenvalue weighted by atomic mass is 10.0. The smallest absolute Gasteiger partial charge is 0.257 e. The van der Waals surface area contributed by atoms with Gasteiger partial charge in [0.25, 0.3) is 5.89 Å². The highest BCUT2D eigenvalue weighted by molar-refractivity contribution is 9.10. The van der Waals surface area contributed by atoms with E-state index in [1.165, 1.54) is 5.56 Å². The zero-order valence-corrected chi connectivity index (χ0v) is 15.4. The molecule has 6 heteroatoms. The summed E-state index contributed by atoms with van der Waals surface area (Å²) in [7, 11) is 0. The number of nitrogens with one attached hydrogen (secondary N) is 1. The monoisotopic (exact) mass is 391 g/mol. The molecule has 0 bridgehead atoms. The first-order chi connectivity index (χ1) is 11.2. The second kappa shape index (κ2) is 7.38. The van der Waals surface area contributed by atoms with E-state index in [2.05, 4.69) is 62.6 Å². The maximum absolute atomic E-state index is 5.81. The van der Waals surface area contributed by atoms with E-state index in [4.69, 9.17) is 4.42 Å². The van der Waals surface area contributed by atoms with Crippen LogP contribution in [0.4, 0.5) is 0 Å². The number of benzene rings is 1. The van der Waals surface area contributed by atoms with Crippen molar-refractivity contribution in [2.75, 3.05) is 0 Å². The third-order valence-corrected chi connectivity index (χ3v) is 5.06. The molecular formula is C17H18BrN3OS. The fourth-order valence-corrected chi connectivity index (χ4v) is 3.34. The van der Waals surface area contributed by atoms with Crippen LogP contribution in [0.25, 0.3) is 10.8 Å². The van der Waals surface area contributed by atoms with Crippen LogP contribution >= 0.6 is 27.3 Å². The van der Waals surface area contributed by atoms with E-state index in [0.717, 1.165) is 15.8 Å². The standard InChI is InChI=1S/C17H18BrN3OS/c1-3-14(12-6-8-13(18)9-7-12)19-11(2)16-20-21-17(22-16)15-5-4-10-23-15/h4-11,14,19H,3H2,1-2H3/t11-,14-/m0/s1. The molecule has 4 nitrogen and oxygen atoms in total. The summed E-state index contributed by atoms with van der Waals surface area (Å²) in [5, 5.41) is 13.9. The zero-order valence-electron chi connectivity index (χ0n) is 13.0. The minimum absolute atomic E-state index is 0.00944. The third kappa shape index (κ3) is 3.88. The van der Waals surface area contributed by atoms with Gasteiger partial charge in [-0.2, -0.15) is 0 Å². The number of thiophene rings is 1. The molecular weight excluding hydrogens is 374 g/mol. The lowest BCUT2D eigenvalue weighted by molar-refractivity contribution is 0.379. The van der Waals surface area contributed by atoms with E-state index in [1.54, 1.807) is 11.3 Å². The van der Waals surface area contributed by atoms with Gasteiger partial charge in [-0.1, -0.05) is 41.1 Å². The van der Waals surface area contributed by atoms with E-state index < -0.39 is 0 Å². The fourth-order valence-electron chi connectivity index (χ4n) is 2.43. The summed E-state index contributed by atoms with van der Waals surface area (Å²) in [5.74, 6) is 1.20. The molecule has 0 aliphatic heterocycles. The van der Waals surface area contributed by atoms with Crippen LogP contribution in [-0.4, -0.2) is 10.2 Å². The quantitative estimate of drug-likeness (QED) is 0.613. The molecule has 2 atom stereocenters. The third-order valence-electron chi connectivity index (χ3n) is 3.67. The highest BCUT2D eigenvalue weighted by atomic mass is 79.9. The van der Waals surface area contributed by atoms with Crippen molar-refractivity contribution < 1.29 is 4.42 Å². The maximum atomic E-state index is 5.81. The van der Waals surface area contributed by atoms with E-state index in [0.29, 0.717) is 11.8 Å². The Labute approximate surface area is 148 Å². The van der Waals surface area contributed by atoms with Crippen LogP contribution in [-0.2, 0) is 0 Å². The normalized spacial score (nSPS) is 13.9. The molecule has 0 spiro atoms. The molecule has 0 amide bonds. The molecule has 0 radical (unpaired) electrons. The predicted molar refractivity (Wildman–Crippen MR) is 96.3 cm³/mol. The number of nitrogens with zero attached hydrogens (tertiary/aromatic N) is 2. The van der Waals surface area contributed by atoms with Crippen molar-refractivity contribution in [3.05, 3.63) is 57.7 Å². The van der Waals surface area contributed by atoms with Gasteiger partial charge in [0.05, 0.1) is 10.9 Å². The van der Waals surface area contributed by atoms with Gasteiger partial charge in [0.1, 0.15) is 0 Å². The Morgan fingerprint density at radius 3 is 2.65 bits per heavy atom. The SMILES string of the molecule is CC[C@H](N[C@@H](C)c1nnc(-c2cccs2)o1)c1ccc(Br)cc1. The van der Waals surface area contributed by atoms with Crippen LogP contribution < -0.4 is 5.32 Å². The highest BCUT2D eigenvalue weighted by Crippen LogP contribution is 2.27. The van der Waals surface area contributed by atoms with Crippen molar-refractivity contribution in [2.24, 2.45) is 0 Å². The van der Waals surface area contributed by atoms with Gasteiger partial charge in [-0.15, -0.1) is 21.5 Å². The molecule has 2 aromatic heterocycles. The van der Waals surface area contributed by atoms with Crippen molar-refractivity contribution in [3.8, 4) is 10.8 Å². The molecule has 1 aromatic carbocycles. The van der Waals surface area contributed by atoms with Gasteiger partial charge in [0, 0.05) is 10.5 Å². The summed E-state index contributed by atoms with van der Waals surface area (Å²) < 4.78 is 6.89. The minimum Gasteiger partial charge on any atom is -0.418 e. The Bertz CT molecular complexity index is 740. The molecule has 0 aliphatic carbocycles. The first-order valence-corrected chi connectivity index (χ1v) is 9.23. The van der Waals surface area contributed by atoms with E-state index in [-0.39, 0.29) is 12.1 Å². The number of rotatable bonds is 6. The molecule has 23 heavy (non-hydrogen) atoms. The van der Waals surface area contributed by atoms with Gasteiger partial charge in [0.15, 0.2) is 0 Å². The van der Waals surface area contributed by atoms with Crippen LogP contribution in [0, 0.1) is 0 Å². The summed E-state index contributed by atoms with van der Waals surface area (Å²) >= 11 is 5.07.